The third-order valence-corrected chi connectivity index (χ3v) is 0.834. The van der Waals surface area contributed by atoms with E-state index >= 15 is 0 Å². The predicted molar refractivity (Wildman–Crippen MR) is 29.1 cm³/mol. The summed E-state index contributed by atoms with van der Waals surface area (Å²) in [5.74, 6) is 0. The van der Waals surface area contributed by atoms with E-state index in [1.54, 1.807) is 12.1 Å². The van der Waals surface area contributed by atoms with Crippen molar-refractivity contribution < 1.29 is 0 Å². The van der Waals surface area contributed by atoms with Crippen molar-refractivity contribution in [2.24, 2.45) is 0 Å². The van der Waals surface area contributed by atoms with Crippen LogP contribution in [0.5, 0.6) is 0 Å². The van der Waals surface area contributed by atoms with Crippen molar-refractivity contribution in [3.05, 3.63) is 35.4 Å². The lowest BCUT2D eigenvalue weighted by atomic mass is 10.4. The molecule has 0 amide bonds. The van der Waals surface area contributed by atoms with E-state index in [2.05, 4.69) is 12.1 Å². The predicted octanol–water partition coefficient (Wildman–Crippen LogP) is 1.94. The van der Waals surface area contributed by atoms with E-state index in [0.29, 0.717) is 5.02 Å². The molecule has 1 aromatic carbocycles. The monoisotopic (exact) mass is 110 g/mol. The summed E-state index contributed by atoms with van der Waals surface area (Å²) >= 11 is 5.45. The molecule has 0 atom stereocenters. The fraction of sp³-hybridized carbons (Fsp3) is 0. The Morgan fingerprint density at radius 2 is 2.43 bits per heavy atom. The Morgan fingerprint density at radius 3 is 2.71 bits per heavy atom. The molecule has 1 heteroatoms. The second-order valence-electron chi connectivity index (χ2n) is 1.14. The lowest BCUT2D eigenvalue weighted by Crippen LogP contribution is -1.57. The summed E-state index contributed by atoms with van der Waals surface area (Å²) < 4.78 is 0. The van der Waals surface area contributed by atoms with E-state index in [1.807, 2.05) is 6.07 Å². The smallest absolute Gasteiger partial charge is 0.0491 e. The van der Waals surface area contributed by atoms with Gasteiger partial charge in [0.05, 0.1) is 0 Å². The third-order valence-electron chi connectivity index (χ3n) is 0.614. The Labute approximate surface area is 47.7 Å². The van der Waals surface area contributed by atoms with E-state index in [1.165, 1.54) is 0 Å². The highest BCUT2D eigenvalue weighted by molar-refractivity contribution is 6.30. The van der Waals surface area contributed by atoms with Gasteiger partial charge in [0.25, 0.3) is 0 Å². The van der Waals surface area contributed by atoms with E-state index in [-0.39, 0.29) is 0 Å². The molecule has 0 aliphatic rings. The summed E-state index contributed by atoms with van der Waals surface area (Å²) in [6.07, 6.45) is 0. The van der Waals surface area contributed by atoms with Gasteiger partial charge < -0.3 is 0 Å². The Morgan fingerprint density at radius 1 is 1.57 bits per heavy atom. The molecule has 0 nitrogen and oxygen atoms in total. The number of rotatable bonds is 0. The van der Waals surface area contributed by atoms with Crippen molar-refractivity contribution in [3.63, 3.8) is 0 Å². The van der Waals surface area contributed by atoms with Gasteiger partial charge in [-0.3, -0.25) is 0 Å². The van der Waals surface area contributed by atoms with Crippen LogP contribution >= 0.6 is 11.6 Å². The van der Waals surface area contributed by atoms with Crippen LogP contribution in [0.15, 0.2) is 18.2 Å². The van der Waals surface area contributed by atoms with Gasteiger partial charge in [-0.2, -0.15) is 0 Å². The molecule has 0 saturated heterocycles. The standard InChI is InChI=1S/C6H3Cl/c7-6-4-2-1-3-5-6/h1-2,4H. The largest absolute Gasteiger partial charge is 0.0836 e. The number of halogens is 1. The lowest BCUT2D eigenvalue weighted by Gasteiger charge is -1.78. The van der Waals surface area contributed by atoms with E-state index in [9.17, 15) is 0 Å². The van der Waals surface area contributed by atoms with Gasteiger partial charge in [0.2, 0.25) is 0 Å². The highest BCUT2D eigenvalue weighted by atomic mass is 35.5. The van der Waals surface area contributed by atoms with Gasteiger partial charge in [-0.15, -0.1) is 0 Å². The zero-order valence-electron chi connectivity index (χ0n) is 3.61. The zero-order valence-corrected chi connectivity index (χ0v) is 4.37. The molecule has 1 aromatic rings. The molecular formula is C6H3Cl. The van der Waals surface area contributed by atoms with Crippen LogP contribution in [0, 0.1) is 12.1 Å². The van der Waals surface area contributed by atoms with Crippen LogP contribution in [-0.4, -0.2) is 0 Å². The van der Waals surface area contributed by atoms with Gasteiger partial charge in [-0.05, 0) is 12.1 Å². The van der Waals surface area contributed by atoms with Crippen LogP contribution in [0.2, 0.25) is 5.02 Å². The molecule has 0 unspecified atom stereocenters. The van der Waals surface area contributed by atoms with Gasteiger partial charge in [-0.25, -0.2) is 0 Å². The fourth-order valence-corrected chi connectivity index (χ4v) is 0.460. The van der Waals surface area contributed by atoms with Crippen molar-refractivity contribution in [1.29, 1.82) is 0 Å². The molecule has 0 heterocycles. The first-order valence-corrected chi connectivity index (χ1v) is 2.31. The Bertz CT molecular complexity index is 134. The average molecular weight is 111 g/mol. The Balaban J connectivity index is 3.02. The highest BCUT2D eigenvalue weighted by Crippen LogP contribution is 2.01. The zero-order chi connectivity index (χ0) is 5.11. The van der Waals surface area contributed by atoms with Crippen LogP contribution in [0.25, 0.3) is 0 Å². The summed E-state index contributed by atoms with van der Waals surface area (Å²) in [5.41, 5.74) is 0. The summed E-state index contributed by atoms with van der Waals surface area (Å²) in [4.78, 5) is 0. The third kappa shape index (κ3) is 1.20. The summed E-state index contributed by atoms with van der Waals surface area (Å²) in [6, 6.07) is 10.7. The second kappa shape index (κ2) is 1.99. The van der Waals surface area contributed by atoms with E-state index in [0.717, 1.165) is 0 Å². The van der Waals surface area contributed by atoms with Crippen LogP contribution in [0.4, 0.5) is 0 Å². The van der Waals surface area contributed by atoms with E-state index < -0.39 is 0 Å². The number of hydrogen-bond acceptors (Lipinski definition) is 0. The maximum atomic E-state index is 5.45. The van der Waals surface area contributed by atoms with Gasteiger partial charge in [0.15, 0.2) is 0 Å². The minimum Gasteiger partial charge on any atom is -0.0836 e. The van der Waals surface area contributed by atoms with Gasteiger partial charge in [-0.1, -0.05) is 23.7 Å². The summed E-state index contributed by atoms with van der Waals surface area (Å²) in [7, 11) is 0. The quantitative estimate of drug-likeness (QED) is 0.479. The van der Waals surface area contributed by atoms with Crippen LogP contribution in [0.1, 0.15) is 0 Å². The van der Waals surface area contributed by atoms with Crippen molar-refractivity contribution in [1.82, 2.24) is 0 Å². The summed E-state index contributed by atoms with van der Waals surface area (Å²) in [5, 5.41) is 0.613. The van der Waals surface area contributed by atoms with Crippen LogP contribution in [0.3, 0.4) is 0 Å². The lowest BCUT2D eigenvalue weighted by molar-refractivity contribution is 1.68. The molecule has 0 fully saturated rings. The second-order valence-corrected chi connectivity index (χ2v) is 1.55. The van der Waals surface area contributed by atoms with Crippen LogP contribution in [-0.2, 0) is 0 Å². The normalized spacial score (nSPS) is 8.71. The van der Waals surface area contributed by atoms with E-state index in [4.69, 9.17) is 11.6 Å². The molecule has 2 radical (unpaired) electrons. The Hall–Kier alpha value is -0.490. The first kappa shape index (κ1) is 4.66. The Kier molecular flexibility index (Phi) is 1.32. The molecule has 0 aliphatic heterocycles. The maximum Gasteiger partial charge on any atom is 0.0491 e. The molecule has 0 saturated carbocycles. The first-order valence-electron chi connectivity index (χ1n) is 1.93. The molecule has 0 aliphatic carbocycles. The molecule has 34 valence electrons. The molecular weight excluding hydrogens is 108 g/mol. The molecule has 0 bridgehead atoms. The number of benzene rings is 1. The molecule has 0 aromatic heterocycles. The van der Waals surface area contributed by atoms with Crippen molar-refractivity contribution in [3.8, 4) is 0 Å². The molecule has 0 spiro atoms. The molecule has 7 heavy (non-hydrogen) atoms. The molecule has 1 rings (SSSR count). The summed E-state index contributed by atoms with van der Waals surface area (Å²) in [6.45, 7) is 0. The van der Waals surface area contributed by atoms with Crippen molar-refractivity contribution in [2.45, 2.75) is 0 Å². The highest BCUT2D eigenvalue weighted by Gasteiger charge is 1.76. The van der Waals surface area contributed by atoms with Crippen molar-refractivity contribution >= 4 is 11.6 Å². The van der Waals surface area contributed by atoms with Gasteiger partial charge >= 0.3 is 0 Å². The molecule has 0 N–H and O–H groups in total. The average Bonchev–Trinajstić information content (AvgIpc) is 1.69. The number of hydrogen-bond donors (Lipinski definition) is 0. The first-order chi connectivity index (χ1) is 3.39. The topological polar surface area (TPSA) is 0 Å². The van der Waals surface area contributed by atoms with Crippen molar-refractivity contribution in [2.75, 3.05) is 0 Å². The van der Waals surface area contributed by atoms with Gasteiger partial charge in [0.1, 0.15) is 0 Å². The minimum atomic E-state index is 0.613. The maximum absolute atomic E-state index is 5.45. The minimum absolute atomic E-state index is 0.613. The van der Waals surface area contributed by atoms with Crippen LogP contribution < -0.4 is 0 Å². The fourth-order valence-electron chi connectivity index (χ4n) is 0.333. The SMILES string of the molecule is Clc1[c][c]ccc1. The van der Waals surface area contributed by atoms with Gasteiger partial charge in [0, 0.05) is 11.1 Å².